The second kappa shape index (κ2) is 11.2. The molecule has 1 aliphatic rings. The first-order valence-electron chi connectivity index (χ1n) is 11.4. The van der Waals surface area contributed by atoms with Crippen LogP contribution in [0.15, 0.2) is 48.8 Å². The Kier molecular flexibility index (Phi) is 7.80. The Hall–Kier alpha value is -3.97. The van der Waals surface area contributed by atoms with Gasteiger partial charge in [-0.3, -0.25) is 4.79 Å². The SMILES string of the molecule is COC(=O)Cc1cccnc1C#Cc1nc(Nc2ccc(C3CCCNC3)cc2)ncc1C(F)(F)F. The summed E-state index contributed by atoms with van der Waals surface area (Å²) in [6, 6.07) is 10.9. The molecule has 1 unspecified atom stereocenters. The third kappa shape index (κ3) is 6.37. The molecular formula is C26H24F3N5O2. The van der Waals surface area contributed by atoms with Crippen LogP contribution in [-0.2, 0) is 22.1 Å². The summed E-state index contributed by atoms with van der Waals surface area (Å²) in [6.45, 7) is 1.95. The molecule has 2 N–H and O–H groups in total. The number of nitrogens with zero attached hydrogens (tertiary/aromatic N) is 3. The molecule has 0 saturated carbocycles. The number of methoxy groups -OCH3 is 1. The zero-order chi connectivity index (χ0) is 25.5. The van der Waals surface area contributed by atoms with Gasteiger partial charge >= 0.3 is 12.1 Å². The number of hydrogen-bond donors (Lipinski definition) is 2. The van der Waals surface area contributed by atoms with Crippen LogP contribution < -0.4 is 10.6 Å². The molecule has 2 aromatic heterocycles. The average Bonchev–Trinajstić information content (AvgIpc) is 2.88. The third-order valence-corrected chi connectivity index (χ3v) is 5.78. The molecule has 0 aliphatic carbocycles. The monoisotopic (exact) mass is 495 g/mol. The maximum Gasteiger partial charge on any atom is 0.420 e. The summed E-state index contributed by atoms with van der Waals surface area (Å²) < 4.78 is 45.5. The number of esters is 1. The molecule has 4 rings (SSSR count). The van der Waals surface area contributed by atoms with Gasteiger partial charge in [0.25, 0.3) is 0 Å². The van der Waals surface area contributed by atoms with E-state index in [1.807, 2.05) is 24.3 Å². The van der Waals surface area contributed by atoms with E-state index in [0.29, 0.717) is 23.4 Å². The van der Waals surface area contributed by atoms with Gasteiger partial charge in [-0.1, -0.05) is 18.2 Å². The van der Waals surface area contributed by atoms with Crippen molar-refractivity contribution in [1.29, 1.82) is 0 Å². The van der Waals surface area contributed by atoms with Crippen LogP contribution in [0.4, 0.5) is 24.8 Å². The highest BCUT2D eigenvalue weighted by atomic mass is 19.4. The quantitative estimate of drug-likeness (QED) is 0.405. The van der Waals surface area contributed by atoms with E-state index in [1.54, 1.807) is 12.1 Å². The summed E-state index contributed by atoms with van der Waals surface area (Å²) in [5.41, 5.74) is 0.880. The normalized spacial score (nSPS) is 15.5. The molecule has 0 amide bonds. The minimum Gasteiger partial charge on any atom is -0.469 e. The van der Waals surface area contributed by atoms with E-state index < -0.39 is 23.4 Å². The van der Waals surface area contributed by atoms with Crippen LogP contribution in [0.3, 0.4) is 0 Å². The van der Waals surface area contributed by atoms with Gasteiger partial charge in [0.2, 0.25) is 5.95 Å². The number of rotatable bonds is 5. The lowest BCUT2D eigenvalue weighted by atomic mass is 9.92. The van der Waals surface area contributed by atoms with Gasteiger partial charge in [0.05, 0.1) is 13.5 Å². The highest BCUT2D eigenvalue weighted by Gasteiger charge is 2.34. The lowest BCUT2D eigenvalue weighted by Crippen LogP contribution is -2.28. The van der Waals surface area contributed by atoms with Crippen LogP contribution in [0, 0.1) is 11.8 Å². The molecule has 0 bridgehead atoms. The van der Waals surface area contributed by atoms with Gasteiger partial charge in [-0.25, -0.2) is 15.0 Å². The van der Waals surface area contributed by atoms with Crippen molar-refractivity contribution < 1.29 is 22.7 Å². The molecule has 0 spiro atoms. The molecule has 0 radical (unpaired) electrons. The average molecular weight is 496 g/mol. The van der Waals surface area contributed by atoms with Crippen molar-refractivity contribution in [2.45, 2.75) is 31.4 Å². The molecule has 36 heavy (non-hydrogen) atoms. The first-order chi connectivity index (χ1) is 17.3. The lowest BCUT2D eigenvalue weighted by Gasteiger charge is -2.23. The second-order valence-electron chi connectivity index (χ2n) is 8.26. The van der Waals surface area contributed by atoms with Gasteiger partial charge in [-0.2, -0.15) is 13.2 Å². The van der Waals surface area contributed by atoms with Crippen molar-refractivity contribution >= 4 is 17.6 Å². The van der Waals surface area contributed by atoms with Gasteiger partial charge in [0.1, 0.15) is 17.0 Å². The molecule has 1 saturated heterocycles. The van der Waals surface area contributed by atoms with Gasteiger partial charge in [-0.15, -0.1) is 0 Å². The number of pyridine rings is 1. The summed E-state index contributed by atoms with van der Waals surface area (Å²) >= 11 is 0. The molecule has 1 aromatic carbocycles. The predicted octanol–water partition coefficient (Wildman–Crippen LogP) is 4.22. The number of ether oxygens (including phenoxy) is 1. The number of benzene rings is 1. The molecular weight excluding hydrogens is 471 g/mol. The van der Waals surface area contributed by atoms with Gasteiger partial charge in [-0.05, 0) is 66.5 Å². The maximum atomic E-state index is 13.6. The van der Waals surface area contributed by atoms with E-state index >= 15 is 0 Å². The first kappa shape index (κ1) is 25.1. The van der Waals surface area contributed by atoms with Crippen LogP contribution in [0.2, 0.25) is 0 Å². The molecule has 3 heterocycles. The lowest BCUT2D eigenvalue weighted by molar-refractivity contribution is -0.140. The molecule has 1 atom stereocenters. The predicted molar refractivity (Wildman–Crippen MR) is 128 cm³/mol. The zero-order valence-corrected chi connectivity index (χ0v) is 19.5. The summed E-state index contributed by atoms with van der Waals surface area (Å²) in [5, 5.41) is 6.33. The van der Waals surface area contributed by atoms with Crippen LogP contribution in [0.5, 0.6) is 0 Å². The van der Waals surface area contributed by atoms with E-state index in [2.05, 4.69) is 42.2 Å². The molecule has 1 fully saturated rings. The van der Waals surface area contributed by atoms with Crippen molar-refractivity contribution in [3.8, 4) is 11.8 Å². The van der Waals surface area contributed by atoms with Gasteiger partial charge in [0.15, 0.2) is 0 Å². The van der Waals surface area contributed by atoms with E-state index in [0.717, 1.165) is 25.9 Å². The van der Waals surface area contributed by atoms with Crippen LogP contribution in [0.25, 0.3) is 0 Å². The van der Waals surface area contributed by atoms with Crippen molar-refractivity contribution in [1.82, 2.24) is 20.3 Å². The third-order valence-electron chi connectivity index (χ3n) is 5.78. The first-order valence-corrected chi connectivity index (χ1v) is 11.4. The van der Waals surface area contributed by atoms with Crippen molar-refractivity contribution in [2.75, 3.05) is 25.5 Å². The Morgan fingerprint density at radius 2 is 1.94 bits per heavy atom. The fourth-order valence-electron chi connectivity index (χ4n) is 3.89. The Morgan fingerprint density at radius 3 is 2.64 bits per heavy atom. The smallest absolute Gasteiger partial charge is 0.420 e. The molecule has 1 aliphatic heterocycles. The van der Waals surface area contributed by atoms with Crippen LogP contribution >= 0.6 is 0 Å². The Balaban J connectivity index is 1.59. The summed E-state index contributed by atoms with van der Waals surface area (Å²) in [4.78, 5) is 23.6. The Labute approximate surface area is 206 Å². The number of carbonyl (C=O) groups excluding carboxylic acids is 1. The number of alkyl halides is 3. The maximum absolute atomic E-state index is 13.6. The summed E-state index contributed by atoms with van der Waals surface area (Å²) in [5.74, 6) is 4.98. The highest BCUT2D eigenvalue weighted by molar-refractivity contribution is 5.73. The van der Waals surface area contributed by atoms with E-state index in [4.69, 9.17) is 0 Å². The zero-order valence-electron chi connectivity index (χ0n) is 19.5. The number of nitrogens with one attached hydrogen (secondary N) is 2. The van der Waals surface area contributed by atoms with Crippen molar-refractivity contribution in [3.63, 3.8) is 0 Å². The van der Waals surface area contributed by atoms with Gasteiger partial charge < -0.3 is 15.4 Å². The number of anilines is 2. The molecule has 3 aromatic rings. The fraction of sp³-hybridized carbons (Fsp3) is 0.308. The second-order valence-corrected chi connectivity index (χ2v) is 8.26. The van der Waals surface area contributed by atoms with Crippen molar-refractivity contribution in [3.05, 3.63) is 76.9 Å². The molecule has 7 nitrogen and oxygen atoms in total. The van der Waals surface area contributed by atoms with Crippen LogP contribution in [0.1, 0.15) is 46.8 Å². The highest BCUT2D eigenvalue weighted by Crippen LogP contribution is 2.31. The summed E-state index contributed by atoms with van der Waals surface area (Å²) in [7, 11) is 1.25. The minimum atomic E-state index is -4.70. The van der Waals surface area contributed by atoms with E-state index in [1.165, 1.54) is 18.9 Å². The van der Waals surface area contributed by atoms with E-state index in [9.17, 15) is 18.0 Å². The topological polar surface area (TPSA) is 89.0 Å². The number of hydrogen-bond acceptors (Lipinski definition) is 7. The largest absolute Gasteiger partial charge is 0.469 e. The van der Waals surface area contributed by atoms with Crippen molar-refractivity contribution in [2.24, 2.45) is 0 Å². The number of aromatic nitrogens is 3. The minimum absolute atomic E-state index is 0.0183. The van der Waals surface area contributed by atoms with Gasteiger partial charge in [0, 0.05) is 24.6 Å². The summed E-state index contributed by atoms with van der Waals surface area (Å²) in [6.07, 6.45) is -0.427. The fourth-order valence-corrected chi connectivity index (χ4v) is 3.89. The Morgan fingerprint density at radius 1 is 1.17 bits per heavy atom. The number of carbonyl (C=O) groups is 1. The molecule has 186 valence electrons. The molecule has 10 heteroatoms. The number of piperidine rings is 1. The van der Waals surface area contributed by atoms with Crippen LogP contribution in [-0.4, -0.2) is 41.1 Å². The van der Waals surface area contributed by atoms with E-state index in [-0.39, 0.29) is 18.1 Å². The Bertz CT molecular complexity index is 1280. The number of halogens is 3. The standard InChI is InChI=1S/C26H24F3N5O2/c1-36-24(35)14-18-4-3-13-31-22(18)10-11-23-21(26(27,28)29)16-32-25(34-23)33-20-8-6-17(7-9-20)19-5-2-12-30-15-19/h3-4,6-9,13,16,19,30H,2,5,12,14-15H2,1H3,(H,32,33,34).